The van der Waals surface area contributed by atoms with Crippen molar-refractivity contribution in [2.24, 2.45) is 10.8 Å². The van der Waals surface area contributed by atoms with E-state index >= 15 is 0 Å². The van der Waals surface area contributed by atoms with Crippen LogP contribution < -0.4 is 0 Å². The van der Waals surface area contributed by atoms with Gasteiger partial charge in [-0.3, -0.25) is 32.7 Å². The number of phosphoric ester groups is 1. The minimum Gasteiger partial charge on any atom is -0.387 e. The summed E-state index contributed by atoms with van der Waals surface area (Å²) in [6, 6.07) is 3.37. The van der Waals surface area contributed by atoms with Gasteiger partial charge in [0, 0.05) is 22.3 Å². The Morgan fingerprint density at radius 3 is 2.14 bits per heavy atom. The van der Waals surface area contributed by atoms with Gasteiger partial charge < -0.3 is 10.2 Å². The Balaban J connectivity index is 1.74. The van der Waals surface area contributed by atoms with Crippen molar-refractivity contribution in [2.75, 3.05) is 31.3 Å². The maximum atomic E-state index is 13.6. The van der Waals surface area contributed by atoms with E-state index in [1.165, 1.54) is 10.8 Å². The molecule has 0 aliphatic carbocycles. The maximum absolute atomic E-state index is 13.6. The van der Waals surface area contributed by atoms with Gasteiger partial charge in [-0.25, -0.2) is 20.6 Å². The third-order valence-corrected chi connectivity index (χ3v) is 10.3. The molecule has 3 heterocycles. The predicted molar refractivity (Wildman–Crippen MR) is 162 cm³/mol. The molecule has 0 spiro atoms. The molecule has 43 heavy (non-hydrogen) atoms. The molecule has 13 nitrogen and oxygen atoms in total. The number of aliphatic hydroxyl groups excluding tert-OH is 2. The third kappa shape index (κ3) is 8.65. The van der Waals surface area contributed by atoms with Gasteiger partial charge >= 0.3 is 13.5 Å². The summed E-state index contributed by atoms with van der Waals surface area (Å²) in [5.74, 6) is 0.307. The quantitative estimate of drug-likeness (QED) is 0.190. The lowest BCUT2D eigenvalue weighted by Gasteiger charge is -2.23. The van der Waals surface area contributed by atoms with Crippen molar-refractivity contribution in [1.29, 1.82) is 0 Å². The summed E-state index contributed by atoms with van der Waals surface area (Å²) < 4.78 is 37.5. The molecule has 3 rings (SSSR count). The standard InChI is InChI=1S/C27H39N4O9PS2/c1-17-18-9-10-19(31(18)30-16-29-17)21-20(32)22(33)27(28-8,40-21)15-39-41(36,37-11-13-42-23(34)25(2,3)4)38-12-14-43-24(35)26(5,6)7/h9-10,16,20-22,32-33H,11-15H2,1-7H3/t20-,21-,22-,27+/m0/s1. The molecule has 1 aliphatic heterocycles. The molecular weight excluding hydrogens is 619 g/mol. The Hall–Kier alpha value is -1.86. The fraction of sp³-hybridized carbons (Fsp3) is 0.667. The molecule has 1 saturated heterocycles. The number of nitrogens with zero attached hydrogens (tertiary/aromatic N) is 4. The molecular formula is C27H39N4O9PS2. The molecule has 16 heteroatoms. The molecule has 2 N–H and O–H groups in total. The third-order valence-electron chi connectivity index (χ3n) is 6.37. The van der Waals surface area contributed by atoms with Crippen molar-refractivity contribution in [1.82, 2.24) is 14.6 Å². The molecule has 0 radical (unpaired) electrons. The summed E-state index contributed by atoms with van der Waals surface area (Å²) in [5, 5.41) is 25.9. The Morgan fingerprint density at radius 1 is 1.07 bits per heavy atom. The number of carbonyl (C=O) groups is 2. The van der Waals surface area contributed by atoms with Gasteiger partial charge in [-0.1, -0.05) is 65.1 Å². The normalized spacial score (nSPS) is 23.0. The van der Waals surface area contributed by atoms with E-state index in [0.29, 0.717) is 16.9 Å². The summed E-state index contributed by atoms with van der Waals surface area (Å²) in [6.07, 6.45) is -3.14. The van der Waals surface area contributed by atoms with Gasteiger partial charge in [-0.2, -0.15) is 5.10 Å². The minimum absolute atomic E-state index is 0.0855. The summed E-state index contributed by atoms with van der Waals surface area (Å²) in [6.45, 7) is 19.1. The molecule has 238 valence electrons. The van der Waals surface area contributed by atoms with E-state index in [-0.39, 0.29) is 35.0 Å². The molecule has 2 aromatic rings. The number of phosphoric acid groups is 1. The van der Waals surface area contributed by atoms with Crippen molar-refractivity contribution >= 4 is 47.1 Å². The second-order valence-corrected chi connectivity index (χ2v) is 15.8. The van der Waals surface area contributed by atoms with Crippen LogP contribution in [-0.2, 0) is 32.5 Å². The number of aryl methyl sites for hydroxylation is 1. The number of aliphatic hydroxyl groups is 2. The summed E-state index contributed by atoms with van der Waals surface area (Å²) in [5.41, 5.74) is -1.63. The molecule has 0 amide bonds. The SMILES string of the molecule is [C-]#[N+][C@]1(COP(=O)(OCCSC(=O)C(C)(C)C)OCCSC(=O)C(C)(C)C)O[C@@H](c2ccc3c(C)ncnn23)[C@H](O)[C@@H]1O. The maximum Gasteiger partial charge on any atom is 0.475 e. The van der Waals surface area contributed by atoms with Crippen molar-refractivity contribution in [3.63, 3.8) is 0 Å². The highest BCUT2D eigenvalue weighted by molar-refractivity contribution is 8.14. The van der Waals surface area contributed by atoms with Crippen LogP contribution in [0, 0.1) is 24.3 Å². The van der Waals surface area contributed by atoms with Crippen LogP contribution in [0.5, 0.6) is 0 Å². The zero-order valence-corrected chi connectivity index (χ0v) is 27.8. The summed E-state index contributed by atoms with van der Waals surface area (Å²) >= 11 is 2.01. The first-order valence-electron chi connectivity index (χ1n) is 13.5. The van der Waals surface area contributed by atoms with Gasteiger partial charge in [0.15, 0.2) is 22.9 Å². The first kappa shape index (κ1) is 35.6. The molecule has 0 unspecified atom stereocenters. The van der Waals surface area contributed by atoms with E-state index in [4.69, 9.17) is 24.9 Å². The average molecular weight is 659 g/mol. The number of rotatable bonds is 12. The number of carbonyl (C=O) groups excluding carboxylic acids is 2. The molecule has 1 fully saturated rings. The smallest absolute Gasteiger partial charge is 0.387 e. The highest BCUT2D eigenvalue weighted by Gasteiger charge is 2.62. The lowest BCUT2D eigenvalue weighted by molar-refractivity contribution is -0.118. The van der Waals surface area contributed by atoms with Gasteiger partial charge in [-0.05, 0) is 19.1 Å². The fourth-order valence-corrected chi connectivity index (χ4v) is 6.86. The lowest BCUT2D eigenvalue weighted by Crippen LogP contribution is -2.44. The van der Waals surface area contributed by atoms with Gasteiger partial charge in [0.1, 0.15) is 18.5 Å². The average Bonchev–Trinajstić information content (AvgIpc) is 3.47. The van der Waals surface area contributed by atoms with E-state index in [1.54, 1.807) is 60.6 Å². The highest BCUT2D eigenvalue weighted by Crippen LogP contribution is 2.52. The monoisotopic (exact) mass is 658 g/mol. The molecule has 0 saturated carbocycles. The number of hydrogen-bond donors (Lipinski definition) is 2. The lowest BCUT2D eigenvalue weighted by atomic mass is 9.99. The van der Waals surface area contributed by atoms with Crippen molar-refractivity contribution in [2.45, 2.75) is 72.5 Å². The number of thioether (sulfide) groups is 2. The van der Waals surface area contributed by atoms with Crippen molar-refractivity contribution in [3.8, 4) is 0 Å². The van der Waals surface area contributed by atoms with Crippen LogP contribution in [0.25, 0.3) is 10.4 Å². The summed E-state index contributed by atoms with van der Waals surface area (Å²) in [7, 11) is -4.39. The number of ether oxygens (including phenoxy) is 1. The molecule has 0 bridgehead atoms. The first-order chi connectivity index (χ1) is 19.9. The number of fused-ring (bicyclic) bond motifs is 1. The number of hydrogen-bond acceptors (Lipinski definition) is 13. The largest absolute Gasteiger partial charge is 0.475 e. The Morgan fingerprint density at radius 2 is 1.63 bits per heavy atom. The Bertz CT molecular complexity index is 1360. The van der Waals surface area contributed by atoms with E-state index in [1.807, 2.05) is 0 Å². The van der Waals surface area contributed by atoms with Crippen LogP contribution in [0.3, 0.4) is 0 Å². The van der Waals surface area contributed by atoms with Crippen molar-refractivity contribution < 1.29 is 42.7 Å². The van der Waals surface area contributed by atoms with Crippen LogP contribution >= 0.6 is 31.3 Å². The van der Waals surface area contributed by atoms with E-state index in [9.17, 15) is 24.4 Å². The zero-order valence-electron chi connectivity index (χ0n) is 25.3. The van der Waals surface area contributed by atoms with Crippen LogP contribution in [-0.4, -0.2) is 84.3 Å². The van der Waals surface area contributed by atoms with Gasteiger partial charge in [-0.15, -0.1) is 0 Å². The van der Waals surface area contributed by atoms with Crippen molar-refractivity contribution in [3.05, 3.63) is 41.3 Å². The van der Waals surface area contributed by atoms with E-state index in [2.05, 4.69) is 14.9 Å². The minimum atomic E-state index is -4.39. The summed E-state index contributed by atoms with van der Waals surface area (Å²) in [4.78, 5) is 32.1. The van der Waals surface area contributed by atoms with Crippen LogP contribution in [0.2, 0.25) is 0 Å². The van der Waals surface area contributed by atoms with Crippen LogP contribution in [0.1, 0.15) is 59.0 Å². The number of aromatic nitrogens is 3. The second-order valence-electron chi connectivity index (χ2n) is 12.0. The zero-order chi connectivity index (χ0) is 32.2. The van der Waals surface area contributed by atoms with Gasteiger partial charge in [0.05, 0.1) is 30.1 Å². The fourth-order valence-electron chi connectivity index (χ4n) is 3.85. The topological polar surface area (TPSA) is 163 Å². The van der Waals surface area contributed by atoms with Gasteiger partial charge in [0.25, 0.3) is 0 Å². The first-order valence-corrected chi connectivity index (χ1v) is 17.0. The van der Waals surface area contributed by atoms with Gasteiger partial charge in [0.2, 0.25) is 0 Å². The predicted octanol–water partition coefficient (Wildman–Crippen LogP) is 4.22. The molecule has 4 atom stereocenters. The molecule has 2 aromatic heterocycles. The highest BCUT2D eigenvalue weighted by atomic mass is 32.2. The van der Waals surface area contributed by atoms with Crippen LogP contribution in [0.15, 0.2) is 18.5 Å². The van der Waals surface area contributed by atoms with Crippen LogP contribution in [0.4, 0.5) is 0 Å². The Labute approximate surface area is 259 Å². The van der Waals surface area contributed by atoms with E-state index < -0.39 is 49.3 Å². The molecule has 1 aliphatic rings. The Kier molecular flexibility index (Phi) is 11.6. The second kappa shape index (κ2) is 14.1. The molecule has 0 aromatic carbocycles. The van der Waals surface area contributed by atoms with E-state index in [0.717, 1.165) is 23.5 Å².